The average Bonchev–Trinajstić information content (AvgIpc) is 2.98. The molecule has 27 heavy (non-hydrogen) atoms. The molecule has 0 aromatic heterocycles. The van der Waals surface area contributed by atoms with Crippen molar-refractivity contribution in [2.24, 2.45) is 0 Å². The molecule has 7 nitrogen and oxygen atoms in total. The van der Waals surface area contributed by atoms with E-state index in [-0.39, 0.29) is 16.6 Å². The lowest BCUT2D eigenvalue weighted by atomic mass is 10.1. The lowest BCUT2D eigenvalue weighted by molar-refractivity contribution is -0.384. The van der Waals surface area contributed by atoms with Crippen molar-refractivity contribution in [2.45, 2.75) is 25.9 Å². The molecule has 1 aliphatic heterocycles. The summed E-state index contributed by atoms with van der Waals surface area (Å²) in [5.74, 6) is -0.0480. The van der Waals surface area contributed by atoms with E-state index in [1.54, 1.807) is 24.0 Å². The Morgan fingerprint density at radius 3 is 2.67 bits per heavy atom. The van der Waals surface area contributed by atoms with Crippen molar-refractivity contribution >= 4 is 28.9 Å². The van der Waals surface area contributed by atoms with Crippen molar-refractivity contribution in [1.29, 1.82) is 5.26 Å². The number of carbonyl (C=O) groups excluding carboxylic acids is 1. The van der Waals surface area contributed by atoms with E-state index in [4.69, 9.17) is 16.9 Å². The van der Waals surface area contributed by atoms with Crippen LogP contribution in [0.25, 0.3) is 0 Å². The van der Waals surface area contributed by atoms with E-state index in [1.165, 1.54) is 12.1 Å². The second-order valence-corrected chi connectivity index (χ2v) is 6.84. The Morgan fingerprint density at radius 1 is 1.37 bits per heavy atom. The lowest BCUT2D eigenvalue weighted by Gasteiger charge is -2.19. The molecule has 1 atom stereocenters. The van der Waals surface area contributed by atoms with Crippen LogP contribution in [0.15, 0.2) is 36.4 Å². The number of likely N-dealkylation sites (tertiary alicyclic amines) is 1. The first kappa shape index (κ1) is 18.7. The summed E-state index contributed by atoms with van der Waals surface area (Å²) >= 11 is 6.18. The van der Waals surface area contributed by atoms with E-state index >= 15 is 0 Å². The molecule has 1 N–H and O–H groups in total. The number of hydrogen-bond donors (Lipinski definition) is 1. The van der Waals surface area contributed by atoms with Gasteiger partial charge in [0.05, 0.1) is 27.3 Å². The minimum Gasteiger partial charge on any atom is -0.372 e. The second-order valence-electron chi connectivity index (χ2n) is 6.43. The number of hydrogen-bond acceptors (Lipinski definition) is 5. The quantitative estimate of drug-likeness (QED) is 0.626. The fourth-order valence-electron chi connectivity index (χ4n) is 3.12. The van der Waals surface area contributed by atoms with Gasteiger partial charge in [-0.2, -0.15) is 5.26 Å². The normalized spacial score (nSPS) is 16.3. The smallest absolute Gasteiger partial charge is 0.271 e. The maximum Gasteiger partial charge on any atom is 0.271 e. The predicted octanol–water partition coefficient (Wildman–Crippen LogP) is 3.64. The molecule has 138 valence electrons. The largest absolute Gasteiger partial charge is 0.372 e. The summed E-state index contributed by atoms with van der Waals surface area (Å²) in [7, 11) is 0. The van der Waals surface area contributed by atoms with Crippen LogP contribution in [-0.2, 0) is 11.3 Å². The van der Waals surface area contributed by atoms with Gasteiger partial charge in [-0.15, -0.1) is 0 Å². The van der Waals surface area contributed by atoms with Crippen LogP contribution in [0.1, 0.15) is 23.1 Å². The standard InChI is InChI=1S/C19H17ClN4O3/c1-12-8-15(24(26)27)9-16(20)18(12)22-17-6-7-23(19(17)25)11-14-4-2-13(10-21)3-5-14/h2-5,8-9,17,22H,6-7,11H2,1H3. The summed E-state index contributed by atoms with van der Waals surface area (Å²) < 4.78 is 0. The number of aryl methyl sites for hydroxylation is 1. The third-order valence-corrected chi connectivity index (χ3v) is 4.85. The zero-order chi connectivity index (χ0) is 19.6. The van der Waals surface area contributed by atoms with Gasteiger partial charge in [-0.1, -0.05) is 23.7 Å². The third-order valence-electron chi connectivity index (χ3n) is 4.56. The van der Waals surface area contributed by atoms with E-state index in [0.717, 1.165) is 5.56 Å². The minimum atomic E-state index is -0.497. The van der Waals surface area contributed by atoms with Crippen molar-refractivity contribution in [2.75, 3.05) is 11.9 Å². The van der Waals surface area contributed by atoms with Crippen LogP contribution < -0.4 is 5.32 Å². The highest BCUT2D eigenvalue weighted by atomic mass is 35.5. The Balaban J connectivity index is 1.70. The fraction of sp³-hybridized carbons (Fsp3) is 0.263. The first-order valence-corrected chi connectivity index (χ1v) is 8.75. The molecule has 0 bridgehead atoms. The Labute approximate surface area is 161 Å². The summed E-state index contributed by atoms with van der Waals surface area (Å²) in [6, 6.07) is 11.5. The molecular weight excluding hydrogens is 368 g/mol. The van der Waals surface area contributed by atoms with Gasteiger partial charge in [0, 0.05) is 25.2 Å². The molecule has 1 aliphatic rings. The number of amides is 1. The van der Waals surface area contributed by atoms with E-state index in [9.17, 15) is 14.9 Å². The lowest BCUT2D eigenvalue weighted by Crippen LogP contribution is -2.33. The molecule has 3 rings (SSSR count). The van der Waals surface area contributed by atoms with Gasteiger partial charge < -0.3 is 10.2 Å². The Hall–Kier alpha value is -3.11. The van der Waals surface area contributed by atoms with Crippen LogP contribution in [0, 0.1) is 28.4 Å². The zero-order valence-electron chi connectivity index (χ0n) is 14.6. The summed E-state index contributed by atoms with van der Waals surface area (Å²) in [6.07, 6.45) is 0.613. The molecular formula is C19H17ClN4O3. The molecule has 0 aliphatic carbocycles. The number of nitro benzene ring substituents is 1. The topological polar surface area (TPSA) is 99.3 Å². The van der Waals surface area contributed by atoms with Gasteiger partial charge in [-0.05, 0) is 36.6 Å². The number of non-ortho nitro benzene ring substituents is 1. The number of halogens is 1. The van der Waals surface area contributed by atoms with E-state index < -0.39 is 11.0 Å². The monoisotopic (exact) mass is 384 g/mol. The Kier molecular flexibility index (Phi) is 5.28. The minimum absolute atomic E-state index is 0.0480. The van der Waals surface area contributed by atoms with Gasteiger partial charge in [0.1, 0.15) is 6.04 Å². The van der Waals surface area contributed by atoms with Crippen LogP contribution in [-0.4, -0.2) is 28.3 Å². The van der Waals surface area contributed by atoms with Crippen molar-refractivity contribution in [3.63, 3.8) is 0 Å². The van der Waals surface area contributed by atoms with Gasteiger partial charge >= 0.3 is 0 Å². The maximum atomic E-state index is 12.7. The van der Waals surface area contributed by atoms with Crippen LogP contribution in [0.5, 0.6) is 0 Å². The molecule has 8 heteroatoms. The average molecular weight is 385 g/mol. The highest BCUT2D eigenvalue weighted by Gasteiger charge is 2.32. The van der Waals surface area contributed by atoms with E-state index in [1.807, 2.05) is 12.1 Å². The van der Waals surface area contributed by atoms with E-state index in [2.05, 4.69) is 11.4 Å². The molecule has 2 aromatic rings. The van der Waals surface area contributed by atoms with Crippen molar-refractivity contribution in [3.8, 4) is 6.07 Å². The highest BCUT2D eigenvalue weighted by Crippen LogP contribution is 2.32. The number of benzene rings is 2. The molecule has 1 saturated heterocycles. The molecule has 1 fully saturated rings. The molecule has 0 spiro atoms. The van der Waals surface area contributed by atoms with Crippen LogP contribution >= 0.6 is 11.6 Å². The van der Waals surface area contributed by atoms with Crippen molar-refractivity contribution < 1.29 is 9.72 Å². The first-order chi connectivity index (χ1) is 12.9. The molecule has 2 aromatic carbocycles. The first-order valence-electron chi connectivity index (χ1n) is 8.38. The number of nitro groups is 1. The summed E-state index contributed by atoms with van der Waals surface area (Å²) in [5.41, 5.74) is 2.61. The SMILES string of the molecule is Cc1cc([N+](=O)[O-])cc(Cl)c1NC1CCN(Cc2ccc(C#N)cc2)C1=O. The van der Waals surface area contributed by atoms with Gasteiger partial charge in [0.2, 0.25) is 5.91 Å². The van der Waals surface area contributed by atoms with Crippen LogP contribution in [0.2, 0.25) is 5.02 Å². The summed E-state index contributed by atoms with van der Waals surface area (Å²) in [6.45, 7) is 2.78. The Morgan fingerprint density at radius 2 is 2.07 bits per heavy atom. The van der Waals surface area contributed by atoms with Crippen molar-refractivity contribution in [1.82, 2.24) is 4.90 Å². The second kappa shape index (κ2) is 7.64. The van der Waals surface area contributed by atoms with Gasteiger partial charge in [-0.3, -0.25) is 14.9 Å². The van der Waals surface area contributed by atoms with Gasteiger partial charge in [0.15, 0.2) is 0 Å². The number of nitrogens with zero attached hydrogens (tertiary/aromatic N) is 3. The summed E-state index contributed by atoms with van der Waals surface area (Å²) in [4.78, 5) is 24.9. The number of anilines is 1. The summed E-state index contributed by atoms with van der Waals surface area (Å²) in [5, 5.41) is 23.1. The number of rotatable bonds is 5. The fourth-order valence-corrected chi connectivity index (χ4v) is 3.44. The molecule has 0 radical (unpaired) electrons. The predicted molar refractivity (Wildman–Crippen MR) is 101 cm³/mol. The molecule has 1 heterocycles. The highest BCUT2D eigenvalue weighted by molar-refractivity contribution is 6.33. The molecule has 1 amide bonds. The maximum absolute atomic E-state index is 12.7. The number of nitriles is 1. The number of carbonyl (C=O) groups is 1. The van der Waals surface area contributed by atoms with Crippen LogP contribution in [0.3, 0.4) is 0 Å². The Bertz CT molecular complexity index is 914. The molecule has 0 saturated carbocycles. The third kappa shape index (κ3) is 4.01. The van der Waals surface area contributed by atoms with E-state index in [0.29, 0.717) is 36.3 Å². The van der Waals surface area contributed by atoms with Gasteiger partial charge in [-0.25, -0.2) is 0 Å². The zero-order valence-corrected chi connectivity index (χ0v) is 15.4. The van der Waals surface area contributed by atoms with Crippen molar-refractivity contribution in [3.05, 3.63) is 68.2 Å². The van der Waals surface area contributed by atoms with Crippen LogP contribution in [0.4, 0.5) is 11.4 Å². The molecule has 1 unspecified atom stereocenters. The van der Waals surface area contributed by atoms with Gasteiger partial charge in [0.25, 0.3) is 5.69 Å². The number of nitrogens with one attached hydrogen (secondary N) is 1.